The van der Waals surface area contributed by atoms with Gasteiger partial charge in [0.05, 0.1) is 0 Å². The Bertz CT molecular complexity index is 409. The Balaban J connectivity index is 1.73. The van der Waals surface area contributed by atoms with Gasteiger partial charge in [0, 0.05) is 24.4 Å². The number of nitrogens with zero attached hydrogens (tertiary/aromatic N) is 3. The highest BCUT2D eigenvalue weighted by Gasteiger charge is 2.23. The molecule has 3 aliphatic rings. The minimum Gasteiger partial charge on any atom is -0.329 e. The third kappa shape index (κ3) is 2.20. The van der Waals surface area contributed by atoms with E-state index in [1.165, 1.54) is 31.6 Å². The molecule has 0 bridgehead atoms. The summed E-state index contributed by atoms with van der Waals surface area (Å²) < 4.78 is 0. The van der Waals surface area contributed by atoms with Crippen molar-refractivity contribution >= 4 is 5.84 Å². The quantitative estimate of drug-likeness (QED) is 0.685. The zero-order valence-corrected chi connectivity index (χ0v) is 10.3. The van der Waals surface area contributed by atoms with E-state index in [1.807, 2.05) is 0 Å². The van der Waals surface area contributed by atoms with Crippen LogP contribution in [0.25, 0.3) is 0 Å². The van der Waals surface area contributed by atoms with Crippen LogP contribution in [0.15, 0.2) is 41.2 Å². The van der Waals surface area contributed by atoms with Crippen LogP contribution in [-0.4, -0.2) is 42.3 Å². The minimum absolute atomic E-state index is 0.667. The molecule has 0 unspecified atom stereocenters. The first-order chi connectivity index (χ1) is 8.33. The molecular weight excluding hydrogens is 210 g/mol. The molecule has 0 aromatic carbocycles. The lowest BCUT2D eigenvalue weighted by Crippen LogP contribution is -2.33. The van der Waals surface area contributed by atoms with Crippen molar-refractivity contribution < 1.29 is 0 Å². The number of aliphatic imine (C=N–C) groups is 1. The lowest BCUT2D eigenvalue weighted by atomic mass is 9.93. The Morgan fingerprint density at radius 1 is 1.24 bits per heavy atom. The van der Waals surface area contributed by atoms with Crippen molar-refractivity contribution in [2.45, 2.75) is 12.8 Å². The van der Waals surface area contributed by atoms with E-state index in [2.05, 4.69) is 47.4 Å². The molecule has 0 amide bonds. The third-order valence-corrected chi connectivity index (χ3v) is 3.79. The summed E-state index contributed by atoms with van der Waals surface area (Å²) in [6.07, 6.45) is 13.1. The maximum absolute atomic E-state index is 4.80. The molecule has 3 aliphatic heterocycles. The summed E-state index contributed by atoms with van der Waals surface area (Å²) in [5.41, 5.74) is 1.31. The van der Waals surface area contributed by atoms with E-state index in [1.54, 1.807) is 0 Å². The molecule has 0 aliphatic carbocycles. The first-order valence-corrected chi connectivity index (χ1v) is 6.42. The van der Waals surface area contributed by atoms with Gasteiger partial charge < -0.3 is 9.80 Å². The molecule has 3 heterocycles. The number of allylic oxidation sites excluding steroid dienone is 3. The van der Waals surface area contributed by atoms with Crippen LogP contribution in [0.4, 0.5) is 0 Å². The van der Waals surface area contributed by atoms with Gasteiger partial charge in [-0.05, 0) is 51.2 Å². The maximum atomic E-state index is 4.80. The van der Waals surface area contributed by atoms with E-state index < -0.39 is 0 Å². The van der Waals surface area contributed by atoms with Crippen molar-refractivity contribution in [2.75, 3.05) is 26.7 Å². The fourth-order valence-corrected chi connectivity index (χ4v) is 2.66. The number of hydrogen-bond donors (Lipinski definition) is 0. The van der Waals surface area contributed by atoms with E-state index in [0.717, 1.165) is 12.4 Å². The topological polar surface area (TPSA) is 18.8 Å². The lowest BCUT2D eigenvalue weighted by molar-refractivity contribution is 0.236. The first kappa shape index (κ1) is 10.8. The fraction of sp³-hybridized carbons (Fsp3) is 0.500. The maximum Gasteiger partial charge on any atom is 0.133 e. The van der Waals surface area contributed by atoms with E-state index >= 15 is 0 Å². The molecular formula is C14H19N3. The zero-order valence-electron chi connectivity index (χ0n) is 10.3. The molecule has 90 valence electrons. The lowest BCUT2D eigenvalue weighted by Gasteiger charge is -2.32. The normalized spacial score (nSPS) is 25.6. The van der Waals surface area contributed by atoms with Crippen LogP contribution in [0.2, 0.25) is 0 Å². The number of likely N-dealkylation sites (tertiary alicyclic amines) is 1. The smallest absolute Gasteiger partial charge is 0.133 e. The van der Waals surface area contributed by atoms with Crippen LogP contribution < -0.4 is 0 Å². The summed E-state index contributed by atoms with van der Waals surface area (Å²) in [5.74, 6) is 1.77. The minimum atomic E-state index is 0.667. The summed E-state index contributed by atoms with van der Waals surface area (Å²) in [5, 5.41) is 0. The molecule has 0 spiro atoms. The van der Waals surface area contributed by atoms with Gasteiger partial charge >= 0.3 is 0 Å². The molecule has 1 fully saturated rings. The standard InChI is InChI=1S/C14H19N3/c1-16-9-5-12(6-10-16)13-7-11-17-8-3-2-4-14(17)15-13/h2-4,7-8,12H,5-6,9-11H2,1H3. The van der Waals surface area contributed by atoms with Crippen LogP contribution in [0.5, 0.6) is 0 Å². The number of hydrogen-bond acceptors (Lipinski definition) is 3. The summed E-state index contributed by atoms with van der Waals surface area (Å²) in [7, 11) is 2.20. The van der Waals surface area contributed by atoms with Gasteiger partial charge in [-0.2, -0.15) is 0 Å². The molecule has 0 N–H and O–H groups in total. The molecule has 0 saturated carbocycles. The second-order valence-corrected chi connectivity index (χ2v) is 5.03. The van der Waals surface area contributed by atoms with Crippen LogP contribution in [0, 0.1) is 5.92 Å². The Hall–Kier alpha value is -1.35. The van der Waals surface area contributed by atoms with Crippen molar-refractivity contribution in [1.29, 1.82) is 0 Å². The highest BCUT2D eigenvalue weighted by Crippen LogP contribution is 2.27. The average molecular weight is 229 g/mol. The third-order valence-electron chi connectivity index (χ3n) is 3.79. The second-order valence-electron chi connectivity index (χ2n) is 5.03. The molecule has 0 aromatic heterocycles. The predicted octanol–water partition coefficient (Wildman–Crippen LogP) is 2.01. The van der Waals surface area contributed by atoms with Gasteiger partial charge in [-0.25, -0.2) is 4.99 Å². The van der Waals surface area contributed by atoms with Crippen molar-refractivity contribution in [3.63, 3.8) is 0 Å². The largest absolute Gasteiger partial charge is 0.329 e. The number of fused-ring (bicyclic) bond motifs is 1. The van der Waals surface area contributed by atoms with Gasteiger partial charge in [0.15, 0.2) is 0 Å². The number of rotatable bonds is 1. The van der Waals surface area contributed by atoms with E-state index in [4.69, 9.17) is 4.99 Å². The Morgan fingerprint density at radius 2 is 2.06 bits per heavy atom. The Kier molecular flexibility index (Phi) is 2.85. The Labute approximate surface area is 103 Å². The SMILES string of the molecule is CN1CCC(C2=CCN3C=CC=CC3=N2)CC1. The van der Waals surface area contributed by atoms with Crippen molar-refractivity contribution in [2.24, 2.45) is 10.9 Å². The van der Waals surface area contributed by atoms with Crippen LogP contribution in [-0.2, 0) is 0 Å². The van der Waals surface area contributed by atoms with Gasteiger partial charge in [-0.1, -0.05) is 6.08 Å². The average Bonchev–Trinajstić information content (AvgIpc) is 2.39. The summed E-state index contributed by atoms with van der Waals surface area (Å²) in [6.45, 7) is 3.37. The van der Waals surface area contributed by atoms with Crippen molar-refractivity contribution in [3.05, 3.63) is 36.2 Å². The summed E-state index contributed by atoms with van der Waals surface area (Å²) >= 11 is 0. The monoisotopic (exact) mass is 229 g/mol. The van der Waals surface area contributed by atoms with Crippen LogP contribution in [0.3, 0.4) is 0 Å². The molecule has 0 radical (unpaired) electrons. The van der Waals surface area contributed by atoms with Crippen LogP contribution >= 0.6 is 0 Å². The Morgan fingerprint density at radius 3 is 2.88 bits per heavy atom. The highest BCUT2D eigenvalue weighted by molar-refractivity contribution is 5.96. The predicted molar refractivity (Wildman–Crippen MR) is 70.7 cm³/mol. The summed E-state index contributed by atoms with van der Waals surface area (Å²) in [6, 6.07) is 0. The van der Waals surface area contributed by atoms with Crippen molar-refractivity contribution in [1.82, 2.24) is 9.80 Å². The molecule has 1 saturated heterocycles. The van der Waals surface area contributed by atoms with Gasteiger partial charge in [0.2, 0.25) is 0 Å². The second kappa shape index (κ2) is 4.49. The molecule has 0 aromatic rings. The molecule has 0 atom stereocenters. The number of piperidine rings is 1. The highest BCUT2D eigenvalue weighted by atomic mass is 15.2. The zero-order chi connectivity index (χ0) is 11.7. The molecule has 3 nitrogen and oxygen atoms in total. The van der Waals surface area contributed by atoms with Gasteiger partial charge in [-0.3, -0.25) is 0 Å². The summed E-state index contributed by atoms with van der Waals surface area (Å²) in [4.78, 5) is 9.40. The van der Waals surface area contributed by atoms with E-state index in [9.17, 15) is 0 Å². The van der Waals surface area contributed by atoms with Gasteiger partial charge in [0.25, 0.3) is 0 Å². The van der Waals surface area contributed by atoms with E-state index in [-0.39, 0.29) is 0 Å². The van der Waals surface area contributed by atoms with Crippen LogP contribution in [0.1, 0.15) is 12.8 Å². The van der Waals surface area contributed by atoms with Crippen molar-refractivity contribution in [3.8, 4) is 0 Å². The number of amidine groups is 1. The molecule has 3 rings (SSSR count). The molecule has 3 heteroatoms. The fourth-order valence-electron chi connectivity index (χ4n) is 2.66. The van der Waals surface area contributed by atoms with Gasteiger partial charge in [0.1, 0.15) is 5.84 Å². The van der Waals surface area contributed by atoms with E-state index in [0.29, 0.717) is 5.92 Å². The van der Waals surface area contributed by atoms with Gasteiger partial charge in [-0.15, -0.1) is 0 Å². The first-order valence-electron chi connectivity index (χ1n) is 6.42. The molecule has 17 heavy (non-hydrogen) atoms.